The van der Waals surface area contributed by atoms with Crippen LogP contribution in [0.1, 0.15) is 6.92 Å². The molecule has 0 radical (unpaired) electrons. The lowest BCUT2D eigenvalue weighted by Crippen LogP contribution is -2.41. The highest BCUT2D eigenvalue weighted by Crippen LogP contribution is 2.16. The molecule has 0 bridgehead atoms. The predicted octanol–water partition coefficient (Wildman–Crippen LogP) is 2.14. The van der Waals surface area contributed by atoms with Gasteiger partial charge in [0, 0.05) is 18.1 Å². The van der Waals surface area contributed by atoms with E-state index in [1.807, 2.05) is 0 Å². The number of carbonyl (C=O) groups is 2. The van der Waals surface area contributed by atoms with Crippen LogP contribution >= 0.6 is 34.8 Å². The molecule has 0 aliphatic carbocycles. The lowest BCUT2D eigenvalue weighted by molar-refractivity contribution is -0.127. The van der Waals surface area contributed by atoms with Gasteiger partial charge in [0.25, 0.3) is 11.8 Å². The summed E-state index contributed by atoms with van der Waals surface area (Å²) in [6, 6.07) is 6.69. The number of ether oxygens (including phenoxy) is 1. The monoisotopic (exact) mass is 352 g/mol. The molecule has 0 spiro atoms. The molecule has 0 heterocycles. The molecule has 1 aromatic carbocycles. The van der Waals surface area contributed by atoms with E-state index in [0.717, 1.165) is 0 Å². The quantitative estimate of drug-likeness (QED) is 0.583. The Bertz CT molecular complexity index is 480. The molecule has 1 aromatic rings. The summed E-state index contributed by atoms with van der Waals surface area (Å²) in [5.41, 5.74) is 0. The normalized spacial score (nSPS) is 11.9. The number of amides is 2. The zero-order valence-electron chi connectivity index (χ0n) is 11.2. The Morgan fingerprint density at radius 2 is 1.62 bits per heavy atom. The summed E-state index contributed by atoms with van der Waals surface area (Å²) in [6.45, 7) is 2.10. The number of alkyl halides is 2. The topological polar surface area (TPSA) is 67.4 Å². The molecule has 21 heavy (non-hydrogen) atoms. The average molecular weight is 354 g/mol. The van der Waals surface area contributed by atoms with E-state index in [2.05, 4.69) is 10.6 Å². The summed E-state index contributed by atoms with van der Waals surface area (Å²) in [4.78, 5) is 21.7. The molecule has 1 rings (SSSR count). The lowest BCUT2D eigenvalue weighted by Gasteiger charge is -2.15. The summed E-state index contributed by atoms with van der Waals surface area (Å²) in [6.07, 6.45) is -0.671. The third kappa shape index (κ3) is 6.89. The summed E-state index contributed by atoms with van der Waals surface area (Å²) in [5.74, 6) is -0.256. The molecule has 0 saturated carbocycles. The molecule has 0 aromatic heterocycles. The third-order valence-corrected chi connectivity index (χ3v) is 3.07. The van der Waals surface area contributed by atoms with Gasteiger partial charge in [-0.15, -0.1) is 0 Å². The van der Waals surface area contributed by atoms with Crippen molar-refractivity contribution in [3.05, 3.63) is 29.3 Å². The molecule has 2 amide bonds. The number of rotatable bonds is 7. The second-order valence-electron chi connectivity index (χ2n) is 4.10. The molecule has 2 N–H and O–H groups in total. The van der Waals surface area contributed by atoms with Crippen LogP contribution in [0.2, 0.25) is 5.02 Å². The molecule has 0 aliphatic rings. The van der Waals surface area contributed by atoms with Crippen LogP contribution in [0, 0.1) is 0 Å². The summed E-state index contributed by atoms with van der Waals surface area (Å²) < 4.78 is 5.45. The Morgan fingerprint density at radius 1 is 1.10 bits per heavy atom. The van der Waals surface area contributed by atoms with Crippen LogP contribution in [-0.2, 0) is 9.59 Å². The first kappa shape index (κ1) is 17.9. The van der Waals surface area contributed by atoms with Gasteiger partial charge in [-0.05, 0) is 31.2 Å². The fraction of sp³-hybridized carbons (Fsp3) is 0.385. The van der Waals surface area contributed by atoms with Crippen molar-refractivity contribution in [2.24, 2.45) is 0 Å². The predicted molar refractivity (Wildman–Crippen MR) is 83.1 cm³/mol. The van der Waals surface area contributed by atoms with Crippen LogP contribution in [0.3, 0.4) is 0 Å². The molecule has 8 heteroatoms. The van der Waals surface area contributed by atoms with Gasteiger partial charge in [-0.2, -0.15) is 0 Å². The fourth-order valence-corrected chi connectivity index (χ4v) is 1.64. The minimum absolute atomic E-state index is 0.230. The molecule has 0 saturated heterocycles. The molecule has 0 fully saturated rings. The average Bonchev–Trinajstić information content (AvgIpc) is 2.45. The number of hydrogen-bond donors (Lipinski definition) is 2. The number of halogens is 3. The highest BCUT2D eigenvalue weighted by molar-refractivity contribution is 6.53. The first-order valence-corrected chi connectivity index (χ1v) is 7.41. The van der Waals surface area contributed by atoms with E-state index in [0.29, 0.717) is 10.8 Å². The molecular formula is C13H15Cl3N2O3. The van der Waals surface area contributed by atoms with E-state index in [1.54, 1.807) is 31.2 Å². The van der Waals surface area contributed by atoms with E-state index >= 15 is 0 Å². The third-order valence-electron chi connectivity index (χ3n) is 2.42. The number of carbonyl (C=O) groups excluding carboxylic acids is 2. The van der Waals surface area contributed by atoms with Crippen molar-refractivity contribution in [2.45, 2.75) is 17.9 Å². The van der Waals surface area contributed by atoms with Crippen molar-refractivity contribution in [3.63, 3.8) is 0 Å². The molecule has 1 atom stereocenters. The van der Waals surface area contributed by atoms with Gasteiger partial charge in [0.1, 0.15) is 5.75 Å². The van der Waals surface area contributed by atoms with Gasteiger partial charge < -0.3 is 15.4 Å². The highest BCUT2D eigenvalue weighted by atomic mass is 35.5. The molecule has 1 unspecified atom stereocenters. The van der Waals surface area contributed by atoms with Crippen LogP contribution in [0.5, 0.6) is 5.75 Å². The smallest absolute Gasteiger partial charge is 0.260 e. The zero-order chi connectivity index (χ0) is 15.8. The van der Waals surface area contributed by atoms with Crippen molar-refractivity contribution in [2.75, 3.05) is 13.1 Å². The van der Waals surface area contributed by atoms with E-state index in [9.17, 15) is 9.59 Å². The van der Waals surface area contributed by atoms with Gasteiger partial charge in [0.2, 0.25) is 0 Å². The minimum atomic E-state index is -1.12. The van der Waals surface area contributed by atoms with Crippen LogP contribution in [0.25, 0.3) is 0 Å². The molecular weight excluding hydrogens is 339 g/mol. The number of benzene rings is 1. The maximum Gasteiger partial charge on any atom is 0.260 e. The molecule has 5 nitrogen and oxygen atoms in total. The van der Waals surface area contributed by atoms with E-state index in [-0.39, 0.29) is 19.0 Å². The van der Waals surface area contributed by atoms with Gasteiger partial charge in [0.05, 0.1) is 0 Å². The lowest BCUT2D eigenvalue weighted by atomic mass is 10.3. The second kappa shape index (κ2) is 8.97. The zero-order valence-corrected chi connectivity index (χ0v) is 13.5. The van der Waals surface area contributed by atoms with E-state index in [1.165, 1.54) is 0 Å². The fourth-order valence-electron chi connectivity index (χ4n) is 1.36. The maximum atomic E-state index is 11.8. The minimum Gasteiger partial charge on any atom is -0.481 e. The van der Waals surface area contributed by atoms with Crippen molar-refractivity contribution in [3.8, 4) is 5.75 Å². The Labute approximate surface area is 137 Å². The standard InChI is InChI=1S/C13H15Cl3N2O3/c1-8(21-10-4-2-9(14)3-5-10)12(19)17-6-7-18-13(20)11(15)16/h2-5,8,11H,6-7H2,1H3,(H,17,19)(H,18,20). The largest absolute Gasteiger partial charge is 0.481 e. The number of hydrogen-bond acceptors (Lipinski definition) is 3. The Morgan fingerprint density at radius 3 is 2.14 bits per heavy atom. The van der Waals surface area contributed by atoms with Crippen molar-refractivity contribution >= 4 is 46.6 Å². The Hall–Kier alpha value is -1.17. The number of nitrogens with one attached hydrogen (secondary N) is 2. The van der Waals surface area contributed by atoms with Gasteiger partial charge in [-0.3, -0.25) is 9.59 Å². The van der Waals surface area contributed by atoms with Gasteiger partial charge >= 0.3 is 0 Å². The van der Waals surface area contributed by atoms with Crippen LogP contribution in [-0.4, -0.2) is 35.8 Å². The van der Waals surface area contributed by atoms with Crippen LogP contribution in [0.4, 0.5) is 0 Å². The van der Waals surface area contributed by atoms with Crippen molar-refractivity contribution in [1.82, 2.24) is 10.6 Å². The molecule has 116 valence electrons. The van der Waals surface area contributed by atoms with Gasteiger partial charge in [-0.1, -0.05) is 34.8 Å². The van der Waals surface area contributed by atoms with Crippen molar-refractivity contribution < 1.29 is 14.3 Å². The summed E-state index contributed by atoms with van der Waals surface area (Å²) in [5, 5.41) is 5.67. The van der Waals surface area contributed by atoms with Gasteiger partial charge in [-0.25, -0.2) is 0 Å². The van der Waals surface area contributed by atoms with Crippen LogP contribution < -0.4 is 15.4 Å². The summed E-state index contributed by atoms with van der Waals surface area (Å²) in [7, 11) is 0. The second-order valence-corrected chi connectivity index (χ2v) is 5.63. The van der Waals surface area contributed by atoms with Crippen molar-refractivity contribution in [1.29, 1.82) is 0 Å². The molecule has 0 aliphatic heterocycles. The first-order chi connectivity index (χ1) is 9.90. The first-order valence-electron chi connectivity index (χ1n) is 6.16. The summed E-state index contributed by atoms with van der Waals surface area (Å²) >= 11 is 16.5. The maximum absolute atomic E-state index is 11.8. The Balaban J connectivity index is 2.28. The Kier molecular flexibility index (Phi) is 7.64. The van der Waals surface area contributed by atoms with E-state index in [4.69, 9.17) is 39.5 Å². The van der Waals surface area contributed by atoms with Crippen LogP contribution in [0.15, 0.2) is 24.3 Å². The van der Waals surface area contributed by atoms with Gasteiger partial charge in [0.15, 0.2) is 10.9 Å². The SMILES string of the molecule is CC(Oc1ccc(Cl)cc1)C(=O)NCCNC(=O)C(Cl)Cl. The van der Waals surface area contributed by atoms with E-state index < -0.39 is 16.8 Å². The highest BCUT2D eigenvalue weighted by Gasteiger charge is 2.14.